The van der Waals surface area contributed by atoms with E-state index in [4.69, 9.17) is 4.74 Å². The van der Waals surface area contributed by atoms with E-state index in [0.717, 1.165) is 18.5 Å². The van der Waals surface area contributed by atoms with E-state index in [1.165, 1.54) is 4.88 Å². The van der Waals surface area contributed by atoms with Crippen LogP contribution < -0.4 is 0 Å². The summed E-state index contributed by atoms with van der Waals surface area (Å²) >= 11 is 1.77. The molecule has 4 heteroatoms. The van der Waals surface area contributed by atoms with Gasteiger partial charge in [-0.2, -0.15) is 0 Å². The Labute approximate surface area is 143 Å². The molecule has 0 aliphatic carbocycles. The summed E-state index contributed by atoms with van der Waals surface area (Å²) in [7, 11) is 0. The Hall–Kier alpha value is -1.20. The molecule has 1 aromatic carbocycles. The second-order valence-corrected chi connectivity index (χ2v) is 6.95. The average molecular weight is 333 g/mol. The summed E-state index contributed by atoms with van der Waals surface area (Å²) in [6.45, 7) is 6.85. The van der Waals surface area contributed by atoms with Crippen molar-refractivity contribution < 1.29 is 9.84 Å². The maximum Gasteiger partial charge on any atom is 0.0900 e. The summed E-state index contributed by atoms with van der Waals surface area (Å²) in [6.07, 6.45) is 0.607. The van der Waals surface area contributed by atoms with Crippen LogP contribution in [0.2, 0.25) is 0 Å². The van der Waals surface area contributed by atoms with Crippen molar-refractivity contribution >= 4 is 11.3 Å². The minimum absolute atomic E-state index is 0.367. The van der Waals surface area contributed by atoms with E-state index in [0.29, 0.717) is 25.8 Å². The van der Waals surface area contributed by atoms with Crippen LogP contribution in [-0.4, -0.2) is 35.3 Å². The van der Waals surface area contributed by atoms with Crippen molar-refractivity contribution in [3.8, 4) is 0 Å². The van der Waals surface area contributed by atoms with Crippen LogP contribution in [0.25, 0.3) is 0 Å². The van der Waals surface area contributed by atoms with Crippen molar-refractivity contribution in [2.45, 2.75) is 45.6 Å². The van der Waals surface area contributed by atoms with Crippen molar-refractivity contribution in [1.29, 1.82) is 0 Å². The predicted octanol–water partition coefficient (Wildman–Crippen LogP) is 3.93. The van der Waals surface area contributed by atoms with E-state index >= 15 is 0 Å². The minimum Gasteiger partial charge on any atom is -0.389 e. The topological polar surface area (TPSA) is 32.7 Å². The fourth-order valence-corrected chi connectivity index (χ4v) is 3.20. The lowest BCUT2D eigenvalue weighted by molar-refractivity contribution is 0.00165. The maximum absolute atomic E-state index is 10.3. The summed E-state index contributed by atoms with van der Waals surface area (Å²) in [5.74, 6) is 0. The van der Waals surface area contributed by atoms with E-state index in [9.17, 15) is 5.11 Å². The molecular formula is C19H27NO2S. The normalized spacial score (nSPS) is 14.1. The number of ether oxygens (including phenoxy) is 1. The fraction of sp³-hybridized carbons (Fsp3) is 0.474. The van der Waals surface area contributed by atoms with E-state index in [1.807, 2.05) is 30.3 Å². The molecule has 0 saturated heterocycles. The summed E-state index contributed by atoms with van der Waals surface area (Å²) in [5, 5.41) is 12.4. The molecule has 0 aliphatic rings. The van der Waals surface area contributed by atoms with Crippen LogP contribution in [0, 0.1) is 0 Å². The Kier molecular flexibility index (Phi) is 7.76. The Balaban J connectivity index is 1.78. The summed E-state index contributed by atoms with van der Waals surface area (Å²) in [5.41, 5.74) is 1.14. The minimum atomic E-state index is -0.465. The van der Waals surface area contributed by atoms with Gasteiger partial charge >= 0.3 is 0 Å². The van der Waals surface area contributed by atoms with E-state index in [-0.39, 0.29) is 0 Å². The van der Waals surface area contributed by atoms with Gasteiger partial charge in [-0.25, -0.2) is 0 Å². The number of hydrogen-bond donors (Lipinski definition) is 1. The first-order valence-corrected chi connectivity index (χ1v) is 9.13. The van der Waals surface area contributed by atoms with Gasteiger partial charge in [0.15, 0.2) is 0 Å². The average Bonchev–Trinajstić information content (AvgIpc) is 3.07. The van der Waals surface area contributed by atoms with Crippen molar-refractivity contribution in [1.82, 2.24) is 4.90 Å². The van der Waals surface area contributed by atoms with Gasteiger partial charge in [-0.1, -0.05) is 43.3 Å². The summed E-state index contributed by atoms with van der Waals surface area (Å²) < 4.78 is 5.66. The highest BCUT2D eigenvalue weighted by molar-refractivity contribution is 7.09. The lowest BCUT2D eigenvalue weighted by Gasteiger charge is -2.30. The molecule has 0 amide bonds. The van der Waals surface area contributed by atoms with Gasteiger partial charge in [-0.05, 0) is 30.4 Å². The molecule has 0 aliphatic heterocycles. The lowest BCUT2D eigenvalue weighted by atomic mass is 10.2. The van der Waals surface area contributed by atoms with Crippen molar-refractivity contribution in [3.05, 3.63) is 58.3 Å². The van der Waals surface area contributed by atoms with E-state index in [2.05, 4.69) is 36.3 Å². The number of hydrogen-bond acceptors (Lipinski definition) is 4. The first-order valence-electron chi connectivity index (χ1n) is 8.25. The van der Waals surface area contributed by atoms with Crippen LogP contribution in [0.15, 0.2) is 47.8 Å². The fourth-order valence-electron chi connectivity index (χ4n) is 2.47. The molecule has 1 N–H and O–H groups in total. The van der Waals surface area contributed by atoms with Crippen LogP contribution in [0.3, 0.4) is 0 Å². The third-order valence-corrected chi connectivity index (χ3v) is 4.88. The molecule has 0 radical (unpaired) electrons. The zero-order valence-electron chi connectivity index (χ0n) is 14.0. The molecule has 0 fully saturated rings. The van der Waals surface area contributed by atoms with Crippen LogP contribution in [0.5, 0.6) is 0 Å². The highest BCUT2D eigenvalue weighted by Crippen LogP contribution is 2.16. The second-order valence-electron chi connectivity index (χ2n) is 5.92. The zero-order chi connectivity index (χ0) is 16.5. The van der Waals surface area contributed by atoms with Crippen LogP contribution in [-0.2, 0) is 17.9 Å². The summed E-state index contributed by atoms with van der Waals surface area (Å²) in [4.78, 5) is 3.67. The summed E-state index contributed by atoms with van der Waals surface area (Å²) in [6, 6.07) is 14.7. The number of nitrogens with zero attached hydrogens (tertiary/aromatic N) is 1. The molecule has 2 rings (SSSR count). The number of aliphatic hydroxyl groups excluding tert-OH is 1. The van der Waals surface area contributed by atoms with Crippen LogP contribution >= 0.6 is 11.3 Å². The first kappa shape index (κ1) is 18.1. The van der Waals surface area contributed by atoms with Gasteiger partial charge in [0, 0.05) is 24.0 Å². The third kappa shape index (κ3) is 6.43. The smallest absolute Gasteiger partial charge is 0.0900 e. The first-order chi connectivity index (χ1) is 11.2. The molecule has 2 aromatic rings. The SMILES string of the molecule is CCC(C)N(Cc1cccs1)CC(O)COCc1ccccc1. The largest absolute Gasteiger partial charge is 0.389 e. The van der Waals surface area contributed by atoms with E-state index < -0.39 is 6.10 Å². The molecule has 23 heavy (non-hydrogen) atoms. The number of benzene rings is 1. The molecule has 2 unspecified atom stereocenters. The molecule has 3 nitrogen and oxygen atoms in total. The Morgan fingerprint density at radius 2 is 1.96 bits per heavy atom. The molecular weight excluding hydrogens is 306 g/mol. The van der Waals surface area contributed by atoms with E-state index in [1.54, 1.807) is 11.3 Å². The van der Waals surface area contributed by atoms with Gasteiger partial charge in [0.1, 0.15) is 0 Å². The number of thiophene rings is 1. The van der Waals surface area contributed by atoms with Gasteiger partial charge in [-0.15, -0.1) is 11.3 Å². The highest BCUT2D eigenvalue weighted by atomic mass is 32.1. The van der Waals surface area contributed by atoms with Gasteiger partial charge < -0.3 is 9.84 Å². The van der Waals surface area contributed by atoms with Gasteiger partial charge in [0.25, 0.3) is 0 Å². The second kappa shape index (κ2) is 9.83. The number of aliphatic hydroxyl groups is 1. The quantitative estimate of drug-likeness (QED) is 0.715. The number of rotatable bonds is 10. The third-order valence-electron chi connectivity index (χ3n) is 4.02. The van der Waals surface area contributed by atoms with Crippen molar-refractivity contribution in [2.24, 2.45) is 0 Å². The molecule has 1 heterocycles. The van der Waals surface area contributed by atoms with Gasteiger partial charge in [0.05, 0.1) is 19.3 Å². The predicted molar refractivity (Wildman–Crippen MR) is 96.6 cm³/mol. The Morgan fingerprint density at radius 1 is 1.17 bits per heavy atom. The van der Waals surface area contributed by atoms with Crippen LogP contribution in [0.4, 0.5) is 0 Å². The monoisotopic (exact) mass is 333 g/mol. The molecule has 1 aromatic heterocycles. The zero-order valence-corrected chi connectivity index (χ0v) is 14.8. The van der Waals surface area contributed by atoms with Crippen molar-refractivity contribution in [2.75, 3.05) is 13.2 Å². The lowest BCUT2D eigenvalue weighted by Crippen LogP contribution is -2.39. The molecule has 126 valence electrons. The molecule has 0 bridgehead atoms. The van der Waals surface area contributed by atoms with Crippen molar-refractivity contribution in [3.63, 3.8) is 0 Å². The Bertz CT molecular complexity index is 530. The van der Waals surface area contributed by atoms with Gasteiger partial charge in [0.2, 0.25) is 0 Å². The van der Waals surface area contributed by atoms with Gasteiger partial charge in [-0.3, -0.25) is 4.90 Å². The molecule has 0 saturated carbocycles. The molecule has 0 spiro atoms. The Morgan fingerprint density at radius 3 is 2.61 bits per heavy atom. The standard InChI is InChI=1S/C19H27NO2S/c1-3-16(2)20(13-19-10-7-11-23-19)12-18(21)15-22-14-17-8-5-4-6-9-17/h4-11,16,18,21H,3,12-15H2,1-2H3. The highest BCUT2D eigenvalue weighted by Gasteiger charge is 2.17. The van der Waals surface area contributed by atoms with Crippen LogP contribution in [0.1, 0.15) is 30.7 Å². The molecule has 2 atom stereocenters. The maximum atomic E-state index is 10.3.